The Morgan fingerprint density at radius 3 is 1.93 bits per heavy atom. The van der Waals surface area contributed by atoms with Crippen LogP contribution in [0.15, 0.2) is 34.9 Å². The molecule has 4 aliphatic carbocycles. The molecule has 3 saturated carbocycles. The molecule has 0 amide bonds. The van der Waals surface area contributed by atoms with E-state index in [1.165, 1.54) is 0 Å². The second-order valence-corrected chi connectivity index (χ2v) is 9.93. The van der Waals surface area contributed by atoms with E-state index in [-0.39, 0.29) is 35.5 Å². The SMILES string of the molecule is C/C=C(/C)C(=O)O[C@@H]1C[C@@H](OC(=O)/C(C)=C\C)[C@@]2(C)[C@@H]3C(=O)C=C(C)[C@@H]2[C@@H]3C1(C)C. The van der Waals surface area contributed by atoms with Crippen molar-refractivity contribution in [1.29, 1.82) is 0 Å². The van der Waals surface area contributed by atoms with Crippen LogP contribution in [-0.4, -0.2) is 29.9 Å². The third-order valence-electron chi connectivity index (χ3n) is 8.04. The Morgan fingerprint density at radius 1 is 0.967 bits per heavy atom. The summed E-state index contributed by atoms with van der Waals surface area (Å²) in [6.07, 6.45) is 4.62. The summed E-state index contributed by atoms with van der Waals surface area (Å²) >= 11 is 0. The van der Waals surface area contributed by atoms with Crippen LogP contribution in [0.1, 0.15) is 61.8 Å². The molecule has 0 spiro atoms. The predicted molar refractivity (Wildman–Crippen MR) is 114 cm³/mol. The Kier molecular flexibility index (Phi) is 5.63. The van der Waals surface area contributed by atoms with Crippen LogP contribution in [-0.2, 0) is 23.9 Å². The molecular weight excluding hydrogens is 380 g/mol. The lowest BCUT2D eigenvalue weighted by atomic mass is 9.37. The van der Waals surface area contributed by atoms with Crippen molar-refractivity contribution in [2.75, 3.05) is 0 Å². The van der Waals surface area contributed by atoms with E-state index in [0.717, 1.165) is 5.57 Å². The van der Waals surface area contributed by atoms with Crippen LogP contribution in [0.4, 0.5) is 0 Å². The minimum atomic E-state index is -0.510. The monoisotopic (exact) mass is 414 g/mol. The van der Waals surface area contributed by atoms with E-state index in [1.54, 1.807) is 45.9 Å². The van der Waals surface area contributed by atoms with Crippen LogP contribution in [0.25, 0.3) is 0 Å². The van der Waals surface area contributed by atoms with Gasteiger partial charge in [0.25, 0.3) is 0 Å². The summed E-state index contributed by atoms with van der Waals surface area (Å²) in [5.74, 6) is -0.722. The van der Waals surface area contributed by atoms with Crippen molar-refractivity contribution in [2.45, 2.75) is 74.0 Å². The lowest BCUT2D eigenvalue weighted by molar-refractivity contribution is -0.202. The normalized spacial score (nSPS) is 37.5. The Balaban J connectivity index is 2.06. The first-order chi connectivity index (χ1) is 13.9. The van der Waals surface area contributed by atoms with Gasteiger partial charge in [-0.3, -0.25) is 4.79 Å². The largest absolute Gasteiger partial charge is 0.458 e. The number of carbonyl (C=O) groups excluding carboxylic acids is 3. The zero-order valence-corrected chi connectivity index (χ0v) is 19.4. The Hall–Kier alpha value is -2.17. The van der Waals surface area contributed by atoms with Gasteiger partial charge in [0.2, 0.25) is 0 Å². The van der Waals surface area contributed by atoms with Gasteiger partial charge < -0.3 is 9.47 Å². The van der Waals surface area contributed by atoms with E-state index >= 15 is 0 Å². The molecule has 0 aromatic carbocycles. The molecule has 3 fully saturated rings. The molecule has 0 unspecified atom stereocenters. The first-order valence-corrected chi connectivity index (χ1v) is 10.8. The second kappa shape index (κ2) is 7.51. The maximum atomic E-state index is 13.1. The molecule has 4 aliphatic rings. The van der Waals surface area contributed by atoms with E-state index in [4.69, 9.17) is 9.47 Å². The van der Waals surface area contributed by atoms with E-state index in [9.17, 15) is 14.4 Å². The fraction of sp³-hybridized carbons (Fsp3) is 0.640. The molecule has 5 heteroatoms. The number of allylic oxidation sites excluding steroid dienone is 4. The highest BCUT2D eigenvalue weighted by atomic mass is 16.6. The van der Waals surface area contributed by atoms with E-state index < -0.39 is 23.0 Å². The predicted octanol–water partition coefficient (Wildman–Crippen LogP) is 4.57. The summed E-state index contributed by atoms with van der Waals surface area (Å²) in [6, 6.07) is 0. The fourth-order valence-electron chi connectivity index (χ4n) is 5.98. The quantitative estimate of drug-likeness (QED) is 0.498. The molecule has 5 nitrogen and oxygen atoms in total. The van der Waals surface area contributed by atoms with Crippen molar-refractivity contribution in [2.24, 2.45) is 28.6 Å². The number of ketones is 1. The molecule has 30 heavy (non-hydrogen) atoms. The number of rotatable bonds is 4. The van der Waals surface area contributed by atoms with Crippen LogP contribution in [0, 0.1) is 28.6 Å². The van der Waals surface area contributed by atoms with Crippen molar-refractivity contribution >= 4 is 17.7 Å². The zero-order valence-electron chi connectivity index (χ0n) is 19.4. The molecule has 0 N–H and O–H groups in total. The van der Waals surface area contributed by atoms with Gasteiger partial charge in [-0.15, -0.1) is 0 Å². The van der Waals surface area contributed by atoms with Crippen LogP contribution in [0.3, 0.4) is 0 Å². The molecule has 0 heterocycles. The molecular formula is C25H34O5. The topological polar surface area (TPSA) is 69.7 Å². The zero-order chi connectivity index (χ0) is 22.6. The van der Waals surface area contributed by atoms with Crippen molar-refractivity contribution in [3.8, 4) is 0 Å². The van der Waals surface area contributed by atoms with Crippen LogP contribution < -0.4 is 0 Å². The van der Waals surface area contributed by atoms with E-state index in [0.29, 0.717) is 17.6 Å². The third kappa shape index (κ3) is 3.09. The maximum absolute atomic E-state index is 13.1. The molecule has 0 aromatic heterocycles. The Morgan fingerprint density at radius 2 is 1.47 bits per heavy atom. The molecule has 6 atom stereocenters. The highest BCUT2D eigenvalue weighted by molar-refractivity contribution is 5.97. The molecule has 164 valence electrons. The van der Waals surface area contributed by atoms with Gasteiger partial charge >= 0.3 is 11.9 Å². The average Bonchev–Trinajstić information content (AvgIpc) is 2.78. The summed E-state index contributed by atoms with van der Waals surface area (Å²) in [7, 11) is 0. The van der Waals surface area contributed by atoms with Gasteiger partial charge in [0.15, 0.2) is 5.78 Å². The van der Waals surface area contributed by atoms with Crippen LogP contribution in [0.2, 0.25) is 0 Å². The lowest BCUT2D eigenvalue weighted by Gasteiger charge is -2.65. The second-order valence-electron chi connectivity index (χ2n) is 9.93. The number of esters is 2. The minimum absolute atomic E-state index is 0.0511. The summed E-state index contributed by atoms with van der Waals surface area (Å²) in [4.78, 5) is 38.4. The first-order valence-electron chi connectivity index (χ1n) is 10.8. The first kappa shape index (κ1) is 22.5. The number of ether oxygens (including phenoxy) is 2. The molecule has 4 bridgehead atoms. The summed E-state index contributed by atoms with van der Waals surface area (Å²) in [6.45, 7) is 15.3. The van der Waals surface area contributed by atoms with Gasteiger partial charge in [0, 0.05) is 34.3 Å². The molecule has 0 aromatic rings. The van der Waals surface area contributed by atoms with Gasteiger partial charge in [-0.2, -0.15) is 0 Å². The number of hydrogen-bond donors (Lipinski definition) is 0. The van der Waals surface area contributed by atoms with Crippen molar-refractivity contribution in [1.82, 2.24) is 0 Å². The van der Waals surface area contributed by atoms with Gasteiger partial charge in [0.05, 0.1) is 0 Å². The summed E-state index contributed by atoms with van der Waals surface area (Å²) in [5, 5.41) is 0. The van der Waals surface area contributed by atoms with Gasteiger partial charge in [-0.1, -0.05) is 38.5 Å². The van der Waals surface area contributed by atoms with Crippen LogP contribution >= 0.6 is 0 Å². The number of carbonyl (C=O) groups is 3. The van der Waals surface area contributed by atoms with Crippen molar-refractivity contribution in [3.05, 3.63) is 34.9 Å². The maximum Gasteiger partial charge on any atom is 0.333 e. The summed E-state index contributed by atoms with van der Waals surface area (Å²) < 4.78 is 12.0. The third-order valence-corrected chi connectivity index (χ3v) is 8.04. The van der Waals surface area contributed by atoms with E-state index in [1.807, 2.05) is 6.92 Å². The van der Waals surface area contributed by atoms with E-state index in [2.05, 4.69) is 20.8 Å². The van der Waals surface area contributed by atoms with Crippen LogP contribution in [0.5, 0.6) is 0 Å². The van der Waals surface area contributed by atoms with Gasteiger partial charge in [0.1, 0.15) is 12.2 Å². The Bertz CT molecular complexity index is 874. The van der Waals surface area contributed by atoms with Crippen molar-refractivity contribution in [3.63, 3.8) is 0 Å². The van der Waals surface area contributed by atoms with Gasteiger partial charge in [-0.25, -0.2) is 9.59 Å². The lowest BCUT2D eigenvalue weighted by Crippen LogP contribution is -2.67. The minimum Gasteiger partial charge on any atom is -0.458 e. The molecule has 0 aliphatic heterocycles. The average molecular weight is 415 g/mol. The fourth-order valence-corrected chi connectivity index (χ4v) is 5.98. The Labute approximate surface area is 179 Å². The smallest absolute Gasteiger partial charge is 0.333 e. The van der Waals surface area contributed by atoms with Gasteiger partial charge in [-0.05, 0) is 52.5 Å². The molecule has 0 radical (unpaired) electrons. The molecule has 4 rings (SSSR count). The number of hydrogen-bond acceptors (Lipinski definition) is 5. The number of fused-ring (bicyclic) bond motifs is 3. The van der Waals surface area contributed by atoms with Crippen molar-refractivity contribution < 1.29 is 23.9 Å². The summed E-state index contributed by atoms with van der Waals surface area (Å²) in [5.41, 5.74) is 1.18. The standard InChI is InChI=1S/C25H34O5/c1-9-13(3)22(27)29-17-12-18(30-23(28)14(4)10-2)25(8)19-15(5)11-16(26)20(25)21(19)24(17,6)7/h9-11,17-21H,12H2,1-8H3/b13-9-,14-10-/t17-,18-,19-,20-,21+,25-/m1/s1. The highest BCUT2D eigenvalue weighted by Gasteiger charge is 2.74. The highest BCUT2D eigenvalue weighted by Crippen LogP contribution is 2.72. The molecule has 0 saturated heterocycles.